The summed E-state index contributed by atoms with van der Waals surface area (Å²) in [7, 11) is 0. The van der Waals surface area contributed by atoms with E-state index in [-0.39, 0.29) is 5.82 Å². The molecule has 0 bridgehead atoms. The molecule has 0 atom stereocenters. The van der Waals surface area contributed by atoms with Crippen molar-refractivity contribution in [3.63, 3.8) is 0 Å². The van der Waals surface area contributed by atoms with Gasteiger partial charge in [0.05, 0.1) is 5.69 Å². The smallest absolute Gasteiger partial charge is 0.295 e. The first-order valence-electron chi connectivity index (χ1n) is 8.63. The summed E-state index contributed by atoms with van der Waals surface area (Å²) >= 11 is 0. The summed E-state index contributed by atoms with van der Waals surface area (Å²) in [6.07, 6.45) is 2.49. The number of hydrogen-bond acceptors (Lipinski definition) is 6. The zero-order valence-electron chi connectivity index (χ0n) is 13.7. The molecule has 0 unspecified atom stereocenters. The van der Waals surface area contributed by atoms with Gasteiger partial charge >= 0.3 is 0 Å². The van der Waals surface area contributed by atoms with E-state index >= 15 is 0 Å². The number of fused-ring (bicyclic) bond motifs is 1. The molecule has 3 heterocycles. The molecule has 5 rings (SSSR count). The Morgan fingerprint density at radius 1 is 1.16 bits per heavy atom. The lowest BCUT2D eigenvalue weighted by Crippen LogP contribution is -2.50. The summed E-state index contributed by atoms with van der Waals surface area (Å²) in [5, 5.41) is 11.9. The largest absolute Gasteiger partial charge is 0.424 e. The van der Waals surface area contributed by atoms with Crippen molar-refractivity contribution in [3.05, 3.63) is 41.8 Å². The molecule has 0 radical (unpaired) electrons. The van der Waals surface area contributed by atoms with Crippen LogP contribution in [-0.4, -0.2) is 34.8 Å². The summed E-state index contributed by atoms with van der Waals surface area (Å²) in [6, 6.07) is 8.95. The van der Waals surface area contributed by atoms with E-state index in [9.17, 15) is 4.39 Å². The lowest BCUT2D eigenvalue weighted by molar-refractivity contribution is 0.421. The Morgan fingerprint density at radius 3 is 2.80 bits per heavy atom. The van der Waals surface area contributed by atoms with E-state index in [0.29, 0.717) is 29.0 Å². The number of nitrogens with one attached hydrogen (secondary N) is 1. The van der Waals surface area contributed by atoms with E-state index < -0.39 is 0 Å². The van der Waals surface area contributed by atoms with Crippen LogP contribution in [0.1, 0.15) is 24.5 Å². The van der Waals surface area contributed by atoms with Gasteiger partial charge in [0.1, 0.15) is 11.3 Å². The maximum atomic E-state index is 13.2. The van der Waals surface area contributed by atoms with Gasteiger partial charge in [-0.3, -0.25) is 0 Å². The molecule has 2 aliphatic rings. The van der Waals surface area contributed by atoms with Gasteiger partial charge in [-0.15, -0.1) is 5.10 Å². The Kier molecular flexibility index (Phi) is 3.33. The van der Waals surface area contributed by atoms with E-state index in [0.717, 1.165) is 31.1 Å². The molecule has 128 valence electrons. The number of rotatable bonds is 5. The second-order valence-corrected chi connectivity index (χ2v) is 6.87. The molecule has 1 N–H and O–H groups in total. The van der Waals surface area contributed by atoms with Crippen molar-refractivity contribution in [2.24, 2.45) is 5.92 Å². The molecule has 1 saturated heterocycles. The quantitative estimate of drug-likeness (QED) is 0.770. The number of aromatic nitrogens is 3. The van der Waals surface area contributed by atoms with Gasteiger partial charge in [-0.25, -0.2) is 4.39 Å². The van der Waals surface area contributed by atoms with Crippen molar-refractivity contribution < 1.29 is 8.81 Å². The number of halogens is 1. The number of benzene rings is 1. The van der Waals surface area contributed by atoms with Gasteiger partial charge in [-0.2, -0.15) is 10.1 Å². The summed E-state index contributed by atoms with van der Waals surface area (Å²) in [4.78, 5) is 6.48. The third-order valence-electron chi connectivity index (χ3n) is 4.84. The zero-order valence-corrected chi connectivity index (χ0v) is 13.7. The Balaban J connectivity index is 1.15. The summed E-state index contributed by atoms with van der Waals surface area (Å²) < 4.78 is 18.8. The van der Waals surface area contributed by atoms with Gasteiger partial charge in [0.25, 0.3) is 6.01 Å². The minimum absolute atomic E-state index is 0.309. The van der Waals surface area contributed by atoms with Crippen molar-refractivity contribution in [2.75, 3.05) is 29.9 Å². The molecule has 6 nitrogen and oxygen atoms in total. The van der Waals surface area contributed by atoms with E-state index in [4.69, 9.17) is 4.42 Å². The van der Waals surface area contributed by atoms with Crippen LogP contribution in [-0.2, 0) is 0 Å². The van der Waals surface area contributed by atoms with Crippen molar-refractivity contribution in [3.8, 4) is 0 Å². The van der Waals surface area contributed by atoms with Crippen molar-refractivity contribution in [1.29, 1.82) is 0 Å². The highest BCUT2D eigenvalue weighted by Gasteiger charge is 2.29. The fourth-order valence-corrected chi connectivity index (χ4v) is 3.19. The van der Waals surface area contributed by atoms with Crippen molar-refractivity contribution in [2.45, 2.75) is 18.8 Å². The number of hydrogen-bond donors (Lipinski definition) is 1. The van der Waals surface area contributed by atoms with Crippen LogP contribution < -0.4 is 10.2 Å². The predicted octanol–water partition coefficient (Wildman–Crippen LogP) is 3.18. The lowest BCUT2D eigenvalue weighted by Gasteiger charge is -2.39. The average Bonchev–Trinajstić information content (AvgIpc) is 3.34. The maximum Gasteiger partial charge on any atom is 0.295 e. The molecule has 0 spiro atoms. The Hall–Kier alpha value is -2.70. The van der Waals surface area contributed by atoms with Gasteiger partial charge in [0.2, 0.25) is 0 Å². The highest BCUT2D eigenvalue weighted by atomic mass is 19.1. The van der Waals surface area contributed by atoms with Gasteiger partial charge < -0.3 is 14.6 Å². The topological polar surface area (TPSA) is 67.1 Å². The third-order valence-corrected chi connectivity index (χ3v) is 4.84. The van der Waals surface area contributed by atoms with Crippen LogP contribution in [0, 0.1) is 11.7 Å². The van der Waals surface area contributed by atoms with Gasteiger partial charge in [-0.05, 0) is 37.1 Å². The van der Waals surface area contributed by atoms with Gasteiger partial charge in [-0.1, -0.05) is 0 Å². The number of nitrogens with zero attached hydrogens (tertiary/aromatic N) is 4. The minimum Gasteiger partial charge on any atom is -0.424 e. The first kappa shape index (κ1) is 14.6. The molecule has 2 fully saturated rings. The molecule has 25 heavy (non-hydrogen) atoms. The normalized spacial score (nSPS) is 17.7. The number of oxazole rings is 1. The molecular weight excluding hydrogens is 321 g/mol. The summed E-state index contributed by atoms with van der Waals surface area (Å²) in [5.41, 5.74) is 2.24. The molecule has 1 aliphatic carbocycles. The predicted molar refractivity (Wildman–Crippen MR) is 92.2 cm³/mol. The lowest BCUT2D eigenvalue weighted by atomic mass is 10.0. The average molecular weight is 339 g/mol. The molecule has 7 heteroatoms. The minimum atomic E-state index is -0.309. The maximum absolute atomic E-state index is 13.2. The Bertz CT molecular complexity index is 899. The van der Waals surface area contributed by atoms with E-state index in [2.05, 4.69) is 37.5 Å². The van der Waals surface area contributed by atoms with Crippen LogP contribution in [0.2, 0.25) is 0 Å². The van der Waals surface area contributed by atoms with Crippen LogP contribution in [0.4, 0.5) is 16.2 Å². The Labute approximate surface area is 144 Å². The highest BCUT2D eigenvalue weighted by Crippen LogP contribution is 2.39. The first-order valence-corrected chi connectivity index (χ1v) is 8.63. The molecule has 1 aromatic carbocycles. The van der Waals surface area contributed by atoms with Crippen LogP contribution in [0.25, 0.3) is 11.1 Å². The van der Waals surface area contributed by atoms with Crippen LogP contribution in [0.3, 0.4) is 0 Å². The molecule has 3 aromatic rings. The fourth-order valence-electron chi connectivity index (χ4n) is 3.19. The molecule has 1 saturated carbocycles. The summed E-state index contributed by atoms with van der Waals surface area (Å²) in [6.45, 7) is 2.62. The monoisotopic (exact) mass is 339 g/mol. The molecule has 0 amide bonds. The molecular formula is C18H18FN5O. The second-order valence-electron chi connectivity index (χ2n) is 6.87. The third kappa shape index (κ3) is 2.90. The first-order chi connectivity index (χ1) is 12.2. The standard InChI is InChI=1S/C18H18FN5O/c19-13-3-5-16-15(7-13)21-18(25-16)20-8-11-9-24(10-11)17-6-4-14(22-23-17)12-1-2-12/h3-7,11-12H,1-2,8-10H2,(H,20,21). The molecule has 1 aliphatic heterocycles. The summed E-state index contributed by atoms with van der Waals surface area (Å²) in [5.74, 6) is 1.77. The van der Waals surface area contributed by atoms with Gasteiger partial charge in [0.15, 0.2) is 11.4 Å². The van der Waals surface area contributed by atoms with Crippen molar-refractivity contribution in [1.82, 2.24) is 15.2 Å². The van der Waals surface area contributed by atoms with Crippen LogP contribution in [0.5, 0.6) is 0 Å². The highest BCUT2D eigenvalue weighted by molar-refractivity contribution is 5.74. The SMILES string of the molecule is Fc1ccc2oc(NCC3CN(c4ccc(C5CC5)nn4)C3)nc2c1. The zero-order chi connectivity index (χ0) is 16.8. The Morgan fingerprint density at radius 2 is 2.04 bits per heavy atom. The van der Waals surface area contributed by atoms with Gasteiger partial charge in [0, 0.05) is 37.5 Å². The van der Waals surface area contributed by atoms with Crippen LogP contribution in [0.15, 0.2) is 34.7 Å². The fraction of sp³-hybridized carbons (Fsp3) is 0.389. The van der Waals surface area contributed by atoms with E-state index in [1.807, 2.05) is 0 Å². The van der Waals surface area contributed by atoms with Crippen LogP contribution >= 0.6 is 0 Å². The van der Waals surface area contributed by atoms with E-state index in [1.54, 1.807) is 6.07 Å². The number of anilines is 2. The molecule has 2 aromatic heterocycles. The second kappa shape index (κ2) is 5.68. The van der Waals surface area contributed by atoms with Crippen molar-refractivity contribution >= 4 is 22.9 Å². The van der Waals surface area contributed by atoms with E-state index in [1.165, 1.54) is 25.0 Å².